The molecule has 0 radical (unpaired) electrons. The van der Waals surface area contributed by atoms with Crippen LogP contribution in [0.2, 0.25) is 0 Å². The van der Waals surface area contributed by atoms with Crippen molar-refractivity contribution in [3.63, 3.8) is 0 Å². The number of fused-ring (bicyclic) bond motifs is 1. The number of benzene rings is 2. The van der Waals surface area contributed by atoms with Crippen LogP contribution >= 0.6 is 11.3 Å². The van der Waals surface area contributed by atoms with Gasteiger partial charge in [0.15, 0.2) is 11.5 Å². The molecule has 2 aromatic carbocycles. The smallest absolute Gasteiger partial charge is 0.341 e. The molecule has 1 heterocycles. The van der Waals surface area contributed by atoms with Gasteiger partial charge in [0, 0.05) is 4.88 Å². The molecule has 3 aromatic rings. The van der Waals surface area contributed by atoms with E-state index in [2.05, 4.69) is 22.8 Å². The molecule has 10 heteroatoms. The Labute approximate surface area is 231 Å². The topological polar surface area (TPSA) is 115 Å². The molecule has 0 fully saturated rings. The standard InChI is InChI=1S/C29H31N3O6S/c1-4-37-29(35)25-21-12-10-18(2)14-24(21)39-28(25)31-26(33)27(34)32-30-16-20-11-13-22(23(15-20)36-3)38-17-19-8-6-5-7-9-19/h5-9,11,13,15-16,18H,4,10,12,14,17H2,1-3H3,(H,31,33)(H,32,34). The highest BCUT2D eigenvalue weighted by molar-refractivity contribution is 7.17. The molecule has 0 spiro atoms. The van der Waals surface area contributed by atoms with Crippen LogP contribution in [0.3, 0.4) is 0 Å². The molecule has 1 aromatic heterocycles. The fourth-order valence-corrected chi connectivity index (χ4v) is 5.65. The SMILES string of the molecule is CCOC(=O)c1c(NC(=O)C(=O)NN=Cc2ccc(OCc3ccccc3)c(OC)c2)sc2c1CCC(C)C2. The van der Waals surface area contributed by atoms with E-state index in [0.29, 0.717) is 40.2 Å². The first-order chi connectivity index (χ1) is 18.9. The van der Waals surface area contributed by atoms with Crippen LogP contribution < -0.4 is 20.2 Å². The number of rotatable bonds is 9. The summed E-state index contributed by atoms with van der Waals surface area (Å²) in [4.78, 5) is 38.7. The second-order valence-electron chi connectivity index (χ2n) is 9.11. The highest BCUT2D eigenvalue weighted by Crippen LogP contribution is 2.40. The molecular weight excluding hydrogens is 518 g/mol. The van der Waals surface area contributed by atoms with Gasteiger partial charge in [0.25, 0.3) is 0 Å². The Balaban J connectivity index is 1.38. The van der Waals surface area contributed by atoms with E-state index >= 15 is 0 Å². The quantitative estimate of drug-likeness (QED) is 0.173. The van der Waals surface area contributed by atoms with Gasteiger partial charge in [-0.05, 0) is 67.0 Å². The lowest BCUT2D eigenvalue weighted by atomic mass is 9.88. The Morgan fingerprint density at radius 1 is 1.10 bits per heavy atom. The third-order valence-corrected chi connectivity index (χ3v) is 7.40. The second-order valence-corrected chi connectivity index (χ2v) is 10.2. The summed E-state index contributed by atoms with van der Waals surface area (Å²) in [5.74, 6) is -0.838. The number of carbonyl (C=O) groups is 3. The number of thiophene rings is 1. The van der Waals surface area contributed by atoms with E-state index in [1.54, 1.807) is 25.1 Å². The van der Waals surface area contributed by atoms with Gasteiger partial charge in [0.05, 0.1) is 25.5 Å². The summed E-state index contributed by atoms with van der Waals surface area (Å²) in [5.41, 5.74) is 5.12. The van der Waals surface area contributed by atoms with Crippen molar-refractivity contribution in [2.24, 2.45) is 11.0 Å². The van der Waals surface area contributed by atoms with Crippen LogP contribution in [0.5, 0.6) is 11.5 Å². The maximum atomic E-state index is 12.6. The fraction of sp³-hybridized carbons (Fsp3) is 0.310. The number of hydrogen-bond donors (Lipinski definition) is 2. The molecule has 0 saturated carbocycles. The molecule has 1 atom stereocenters. The molecule has 39 heavy (non-hydrogen) atoms. The molecule has 4 rings (SSSR count). The second kappa shape index (κ2) is 13.1. The van der Waals surface area contributed by atoms with Crippen LogP contribution in [0, 0.1) is 5.92 Å². The van der Waals surface area contributed by atoms with Gasteiger partial charge in [-0.3, -0.25) is 9.59 Å². The molecule has 1 aliphatic carbocycles. The normalized spacial score (nSPS) is 14.4. The summed E-state index contributed by atoms with van der Waals surface area (Å²) >= 11 is 1.32. The molecule has 9 nitrogen and oxygen atoms in total. The molecule has 0 bridgehead atoms. The van der Waals surface area contributed by atoms with E-state index in [9.17, 15) is 14.4 Å². The van der Waals surface area contributed by atoms with E-state index in [0.717, 1.165) is 35.3 Å². The van der Waals surface area contributed by atoms with Crippen molar-refractivity contribution in [3.05, 3.63) is 75.7 Å². The number of hydrazone groups is 1. The van der Waals surface area contributed by atoms with Gasteiger partial charge in [-0.25, -0.2) is 10.2 Å². The van der Waals surface area contributed by atoms with Crippen molar-refractivity contribution in [2.45, 2.75) is 39.7 Å². The lowest BCUT2D eigenvalue weighted by Crippen LogP contribution is -2.32. The summed E-state index contributed by atoms with van der Waals surface area (Å²) in [6, 6.07) is 15.0. The molecule has 0 aliphatic heterocycles. The van der Waals surface area contributed by atoms with Crippen LogP contribution in [0.15, 0.2) is 53.6 Å². The molecule has 1 unspecified atom stereocenters. The first-order valence-corrected chi connectivity index (χ1v) is 13.5. The van der Waals surface area contributed by atoms with Gasteiger partial charge in [0.2, 0.25) is 0 Å². The first-order valence-electron chi connectivity index (χ1n) is 12.7. The van der Waals surface area contributed by atoms with E-state index in [-0.39, 0.29) is 6.61 Å². The number of carbonyl (C=O) groups excluding carboxylic acids is 3. The molecule has 2 amide bonds. The minimum absolute atomic E-state index is 0.216. The van der Waals surface area contributed by atoms with E-state index in [4.69, 9.17) is 14.2 Å². The zero-order valence-electron chi connectivity index (χ0n) is 22.1. The van der Waals surface area contributed by atoms with Crippen molar-refractivity contribution in [3.8, 4) is 11.5 Å². The van der Waals surface area contributed by atoms with Crippen molar-refractivity contribution in [2.75, 3.05) is 19.0 Å². The van der Waals surface area contributed by atoms with Gasteiger partial charge >= 0.3 is 17.8 Å². The van der Waals surface area contributed by atoms with Crippen molar-refractivity contribution < 1.29 is 28.6 Å². The van der Waals surface area contributed by atoms with Crippen molar-refractivity contribution in [1.82, 2.24) is 5.43 Å². The monoisotopic (exact) mass is 549 g/mol. The lowest BCUT2D eigenvalue weighted by Gasteiger charge is -2.18. The highest BCUT2D eigenvalue weighted by atomic mass is 32.1. The number of methoxy groups -OCH3 is 1. The van der Waals surface area contributed by atoms with E-state index < -0.39 is 17.8 Å². The number of hydrogen-bond acceptors (Lipinski definition) is 8. The predicted octanol–water partition coefficient (Wildman–Crippen LogP) is 4.73. The van der Waals surface area contributed by atoms with Crippen LogP contribution in [0.25, 0.3) is 0 Å². The van der Waals surface area contributed by atoms with E-state index in [1.807, 2.05) is 30.3 Å². The summed E-state index contributed by atoms with van der Waals surface area (Å²) in [6.07, 6.45) is 3.89. The number of nitrogens with zero attached hydrogens (tertiary/aromatic N) is 1. The summed E-state index contributed by atoms with van der Waals surface area (Å²) in [6.45, 7) is 4.48. The van der Waals surface area contributed by atoms with E-state index in [1.165, 1.54) is 24.7 Å². The summed E-state index contributed by atoms with van der Waals surface area (Å²) in [5, 5.41) is 6.80. The number of ether oxygens (including phenoxy) is 3. The average Bonchev–Trinajstić information content (AvgIpc) is 3.29. The van der Waals surface area contributed by atoms with Gasteiger partial charge in [-0.1, -0.05) is 37.3 Å². The minimum atomic E-state index is -0.962. The zero-order valence-corrected chi connectivity index (χ0v) is 22.9. The zero-order chi connectivity index (χ0) is 27.8. The Morgan fingerprint density at radius 2 is 1.90 bits per heavy atom. The van der Waals surface area contributed by atoms with Crippen molar-refractivity contribution >= 4 is 40.3 Å². The third kappa shape index (κ3) is 7.02. The molecule has 0 saturated heterocycles. The maximum Gasteiger partial charge on any atom is 0.341 e. The molecule has 2 N–H and O–H groups in total. The summed E-state index contributed by atoms with van der Waals surface area (Å²) < 4.78 is 16.5. The maximum absolute atomic E-state index is 12.6. The number of amides is 2. The Bertz CT molecular complexity index is 1370. The first kappa shape index (κ1) is 27.8. The van der Waals surface area contributed by atoms with Crippen LogP contribution in [-0.2, 0) is 33.8 Å². The van der Waals surface area contributed by atoms with Crippen LogP contribution in [0.1, 0.15) is 52.2 Å². The number of anilines is 1. The number of nitrogens with one attached hydrogen (secondary N) is 2. The van der Waals surface area contributed by atoms with Crippen LogP contribution in [-0.4, -0.2) is 37.7 Å². The Hall–Kier alpha value is -4.18. The summed E-state index contributed by atoms with van der Waals surface area (Å²) in [7, 11) is 1.53. The third-order valence-electron chi connectivity index (χ3n) is 6.23. The fourth-order valence-electron chi connectivity index (χ4n) is 4.25. The molecule has 1 aliphatic rings. The minimum Gasteiger partial charge on any atom is -0.493 e. The largest absolute Gasteiger partial charge is 0.493 e. The van der Waals surface area contributed by atoms with Gasteiger partial charge in [-0.2, -0.15) is 5.10 Å². The average molecular weight is 550 g/mol. The molecular formula is C29H31N3O6S. The highest BCUT2D eigenvalue weighted by Gasteiger charge is 2.30. The Kier molecular flexibility index (Phi) is 9.32. The van der Waals surface area contributed by atoms with Gasteiger partial charge in [-0.15, -0.1) is 11.3 Å². The predicted molar refractivity (Wildman–Crippen MR) is 150 cm³/mol. The van der Waals surface area contributed by atoms with Crippen LogP contribution in [0.4, 0.5) is 5.00 Å². The number of esters is 1. The Morgan fingerprint density at radius 3 is 2.64 bits per heavy atom. The van der Waals surface area contributed by atoms with Gasteiger partial charge < -0.3 is 19.5 Å². The molecule has 204 valence electrons. The lowest BCUT2D eigenvalue weighted by molar-refractivity contribution is -0.136. The van der Waals surface area contributed by atoms with Gasteiger partial charge in [0.1, 0.15) is 11.6 Å². The van der Waals surface area contributed by atoms with Crippen molar-refractivity contribution in [1.29, 1.82) is 0 Å².